The summed E-state index contributed by atoms with van der Waals surface area (Å²) in [5, 5.41) is 0. The van der Waals surface area contributed by atoms with E-state index in [1.54, 1.807) is 0 Å². The summed E-state index contributed by atoms with van der Waals surface area (Å²) in [5.74, 6) is 0. The smallest absolute Gasteiger partial charge is 0.256 e. The Hall–Kier alpha value is 3.59. The fraction of sp³-hybridized carbons (Fsp3) is 1.00. The van der Waals surface area contributed by atoms with Crippen molar-refractivity contribution >= 4 is 64.7 Å². The van der Waals surface area contributed by atoms with Crippen molar-refractivity contribution in [3.8, 4) is 0 Å². The molecule has 0 N–H and O–H groups in total. The molecule has 0 spiro atoms. The standard InChI is InChI=1S/C17H51Si9.K/c1-19(2,3)18(20(4,5)6)26(17)24(13,14)22(9,10)21(7,8)23(11,12)25(26,15)16;/h1-17H3;/q-1;+1. The molecule has 0 atom stereocenters. The monoisotopic (exact) mass is 546 g/mol. The van der Waals surface area contributed by atoms with E-state index in [4.69, 9.17) is 0 Å². The maximum Gasteiger partial charge on any atom is 1.00 e. The maximum atomic E-state index is 3.11. The van der Waals surface area contributed by atoms with Crippen LogP contribution < -0.4 is 51.4 Å². The van der Waals surface area contributed by atoms with Crippen molar-refractivity contribution in [2.75, 3.05) is 0 Å². The summed E-state index contributed by atoms with van der Waals surface area (Å²) < 4.78 is 0. The third-order valence-electron chi connectivity index (χ3n) is 10.8. The van der Waals surface area contributed by atoms with Crippen LogP contribution in [0, 0.1) is 0 Å². The van der Waals surface area contributed by atoms with Gasteiger partial charge in [0.25, 0.3) is 0 Å². The molecule has 1 aliphatic rings. The van der Waals surface area contributed by atoms with Gasteiger partial charge in [-0.2, -0.15) is 0 Å². The van der Waals surface area contributed by atoms with Gasteiger partial charge in [0, 0.05) is 21.3 Å². The second kappa shape index (κ2) is 8.12. The van der Waals surface area contributed by atoms with Crippen molar-refractivity contribution < 1.29 is 51.4 Å². The molecule has 10 heteroatoms. The van der Waals surface area contributed by atoms with Gasteiger partial charge in [0.15, 0.2) is 0 Å². The summed E-state index contributed by atoms with van der Waals surface area (Å²) in [7, 11) is -7.95. The largest absolute Gasteiger partial charge is 1.00 e. The third kappa shape index (κ3) is 3.94. The van der Waals surface area contributed by atoms with Gasteiger partial charge in [-0.1, -0.05) is 105 Å². The molecule has 1 heterocycles. The van der Waals surface area contributed by atoms with E-state index in [9.17, 15) is 0 Å². The summed E-state index contributed by atoms with van der Waals surface area (Å²) in [6.07, 6.45) is 0. The second-order valence-corrected chi connectivity index (χ2v) is 119. The summed E-state index contributed by atoms with van der Waals surface area (Å²) >= 11 is 0. The van der Waals surface area contributed by atoms with Crippen LogP contribution in [0.1, 0.15) is 0 Å². The van der Waals surface area contributed by atoms with Gasteiger partial charge in [-0.25, -0.2) is 0 Å². The second-order valence-electron chi connectivity index (χ2n) is 14.1. The van der Waals surface area contributed by atoms with Gasteiger partial charge in [0.05, 0.1) is 0 Å². The molecule has 0 radical (unpaired) electrons. The van der Waals surface area contributed by atoms with Crippen LogP contribution in [-0.4, -0.2) is 64.7 Å². The Morgan fingerprint density at radius 2 is 0.593 bits per heavy atom. The molecule has 0 aromatic heterocycles. The van der Waals surface area contributed by atoms with Crippen molar-refractivity contribution in [1.29, 1.82) is 0 Å². The molecule has 0 nitrogen and oxygen atoms in total. The Morgan fingerprint density at radius 3 is 0.778 bits per heavy atom. The zero-order valence-corrected chi connectivity index (χ0v) is 34.6. The Bertz CT molecular complexity index is 524. The molecule has 1 fully saturated rings. The third-order valence-corrected chi connectivity index (χ3v) is 241. The molecular weight excluding hydrogens is 496 g/mol. The van der Waals surface area contributed by atoms with E-state index >= 15 is 0 Å². The molecule has 1 rings (SSSR count). The molecular formula is C17H51KSi9. The summed E-state index contributed by atoms with van der Waals surface area (Å²) in [4.78, 5) is 0. The number of hydrogen-bond acceptors (Lipinski definition) is 0. The summed E-state index contributed by atoms with van der Waals surface area (Å²) in [6, 6.07) is 0. The number of rotatable bonds is 3. The average molecular weight is 547 g/mol. The summed E-state index contributed by atoms with van der Waals surface area (Å²) in [6.45, 7) is 48.4. The minimum absolute atomic E-state index is 0. The average Bonchev–Trinajstić information content (AvgIpc) is 2.32. The van der Waals surface area contributed by atoms with Crippen molar-refractivity contribution in [2.24, 2.45) is 0 Å². The molecule has 0 bridgehead atoms. The van der Waals surface area contributed by atoms with Gasteiger partial charge in [0.1, 0.15) is 0 Å². The Balaban J connectivity index is 0.00000676. The number of hydrogen-bond donors (Lipinski definition) is 0. The van der Waals surface area contributed by atoms with Crippen molar-refractivity contribution in [2.45, 2.75) is 111 Å². The molecule has 0 aromatic rings. The summed E-state index contributed by atoms with van der Waals surface area (Å²) in [5.41, 5.74) is 0. The molecule has 0 unspecified atom stereocenters. The van der Waals surface area contributed by atoms with E-state index in [0.717, 1.165) is 0 Å². The van der Waals surface area contributed by atoms with Crippen LogP contribution in [0.5, 0.6) is 0 Å². The predicted molar refractivity (Wildman–Crippen MR) is 151 cm³/mol. The van der Waals surface area contributed by atoms with Crippen LogP contribution in [0.2, 0.25) is 111 Å². The predicted octanol–water partition coefficient (Wildman–Crippen LogP) is 3.50. The van der Waals surface area contributed by atoms with Crippen LogP contribution >= 0.6 is 0 Å². The van der Waals surface area contributed by atoms with Crippen molar-refractivity contribution in [3.63, 3.8) is 0 Å². The molecule has 0 aliphatic carbocycles. The fourth-order valence-corrected chi connectivity index (χ4v) is 442. The molecule has 1 saturated heterocycles. The molecule has 156 valence electrons. The first kappa shape index (κ1) is 30.6. The van der Waals surface area contributed by atoms with Gasteiger partial charge < -0.3 is 0 Å². The Morgan fingerprint density at radius 1 is 0.407 bits per heavy atom. The van der Waals surface area contributed by atoms with Gasteiger partial charge in [-0.15, -0.1) is 28.4 Å². The van der Waals surface area contributed by atoms with E-state index in [1.165, 1.54) is 0 Å². The maximum absolute atomic E-state index is 3.11. The van der Waals surface area contributed by atoms with Gasteiger partial charge in [-0.05, 0) is 14.2 Å². The van der Waals surface area contributed by atoms with E-state index < -0.39 is 57.4 Å². The Kier molecular flexibility index (Phi) is 9.19. The van der Waals surface area contributed by atoms with Crippen LogP contribution in [0.3, 0.4) is 0 Å². The zero-order chi connectivity index (χ0) is 21.6. The first-order valence-corrected chi connectivity index (χ1v) is 45.8. The van der Waals surface area contributed by atoms with Gasteiger partial charge in [0.2, 0.25) is 0 Å². The topological polar surface area (TPSA) is 0 Å². The quantitative estimate of drug-likeness (QED) is 0.475. The van der Waals surface area contributed by atoms with Crippen molar-refractivity contribution in [1.82, 2.24) is 0 Å². The SMILES string of the molecule is C[Si](C)(C)[Si-]([Si](C)(C)C)[Si]1(C)[Si](C)(C)[Si](C)(C)[Si](C)(C)[Si](C)(C)[Si]1(C)C.[K+]. The zero-order valence-electron chi connectivity index (χ0n) is 22.5. The van der Waals surface area contributed by atoms with Crippen LogP contribution in [0.25, 0.3) is 0 Å². The van der Waals surface area contributed by atoms with Crippen molar-refractivity contribution in [3.05, 3.63) is 0 Å². The van der Waals surface area contributed by atoms with Crippen LogP contribution in [-0.2, 0) is 0 Å². The fourth-order valence-electron chi connectivity index (χ4n) is 7.62. The first-order valence-electron chi connectivity index (χ1n) is 10.8. The van der Waals surface area contributed by atoms with Gasteiger partial charge in [-0.3, -0.25) is 7.35 Å². The molecule has 0 aromatic carbocycles. The molecule has 27 heavy (non-hydrogen) atoms. The van der Waals surface area contributed by atoms with E-state index in [0.29, 0.717) is 0 Å². The Labute approximate surface area is 224 Å². The van der Waals surface area contributed by atoms with Crippen LogP contribution in [0.15, 0.2) is 0 Å². The molecule has 0 saturated carbocycles. The molecule has 1 aliphatic heterocycles. The minimum atomic E-state index is -1.19. The van der Waals surface area contributed by atoms with E-state index in [2.05, 4.69) is 111 Å². The normalized spacial score (nSPS) is 27.8. The first-order chi connectivity index (χ1) is 10.9. The molecule has 0 amide bonds. The van der Waals surface area contributed by atoms with E-state index in [-0.39, 0.29) is 58.7 Å². The minimum Gasteiger partial charge on any atom is -0.256 e. The van der Waals surface area contributed by atoms with Gasteiger partial charge >= 0.3 is 51.4 Å². The van der Waals surface area contributed by atoms with E-state index in [1.807, 2.05) is 0 Å². The van der Waals surface area contributed by atoms with Crippen LogP contribution in [0.4, 0.5) is 0 Å².